The molecule has 0 spiro atoms. The molecule has 1 aliphatic rings. The molecule has 1 saturated carbocycles. The molecule has 1 fully saturated rings. The van der Waals surface area contributed by atoms with Crippen LogP contribution >= 0.6 is 11.6 Å². The van der Waals surface area contributed by atoms with Gasteiger partial charge in [0.1, 0.15) is 0 Å². The second-order valence-electron chi connectivity index (χ2n) is 6.70. The molecule has 2 rings (SSSR count). The fraction of sp³-hybridized carbons (Fsp3) is 0.556. The van der Waals surface area contributed by atoms with Crippen LogP contribution in [0.15, 0.2) is 18.2 Å². The molecule has 0 radical (unpaired) electrons. The molecule has 0 heterocycles. The van der Waals surface area contributed by atoms with Crippen molar-refractivity contribution in [3.63, 3.8) is 0 Å². The van der Waals surface area contributed by atoms with E-state index in [0.717, 1.165) is 19.3 Å². The Labute approximate surface area is 156 Å². The molecule has 26 heavy (non-hydrogen) atoms. The Morgan fingerprint density at radius 3 is 2.58 bits per heavy atom. The average Bonchev–Trinajstić information content (AvgIpc) is 2.60. The minimum atomic E-state index is -1.37. The van der Waals surface area contributed by atoms with Gasteiger partial charge in [-0.05, 0) is 18.4 Å². The Morgan fingerprint density at radius 2 is 1.96 bits per heavy atom. The fourth-order valence-electron chi connectivity index (χ4n) is 3.39. The number of carboxylic acid groups (broad SMARTS) is 1. The summed E-state index contributed by atoms with van der Waals surface area (Å²) >= 11 is 6.07. The number of nitro benzene ring substituents is 1. The van der Waals surface area contributed by atoms with Crippen molar-refractivity contribution in [2.45, 2.75) is 57.4 Å². The number of aliphatic carboxylic acids is 1. The third-order valence-corrected chi connectivity index (χ3v) is 5.12. The SMILES string of the molecule is O=C([O-])C[C@@H](NC(=O)CCC1CCCCC1)c1cc([N+](=O)[O-])ccc1Cl. The number of nitrogens with one attached hydrogen (secondary N) is 1. The summed E-state index contributed by atoms with van der Waals surface area (Å²) < 4.78 is 0. The molecule has 0 aliphatic heterocycles. The van der Waals surface area contributed by atoms with Crippen LogP contribution in [0.2, 0.25) is 5.02 Å². The second kappa shape index (κ2) is 9.52. The van der Waals surface area contributed by atoms with Crippen LogP contribution in [-0.4, -0.2) is 16.8 Å². The number of nitro groups is 1. The number of carboxylic acids is 1. The first-order chi connectivity index (χ1) is 12.4. The Hall–Kier alpha value is -2.15. The van der Waals surface area contributed by atoms with E-state index < -0.39 is 23.4 Å². The summed E-state index contributed by atoms with van der Waals surface area (Å²) in [6, 6.07) is 2.78. The zero-order chi connectivity index (χ0) is 19.1. The summed E-state index contributed by atoms with van der Waals surface area (Å²) in [5.74, 6) is -1.13. The van der Waals surface area contributed by atoms with E-state index in [0.29, 0.717) is 12.3 Å². The van der Waals surface area contributed by atoms with E-state index in [-0.39, 0.29) is 22.2 Å². The molecule has 1 amide bonds. The van der Waals surface area contributed by atoms with Crippen LogP contribution in [-0.2, 0) is 9.59 Å². The minimum absolute atomic E-state index is 0.162. The van der Waals surface area contributed by atoms with Crippen LogP contribution < -0.4 is 10.4 Å². The van der Waals surface area contributed by atoms with Crippen molar-refractivity contribution < 1.29 is 19.6 Å². The second-order valence-corrected chi connectivity index (χ2v) is 7.11. The van der Waals surface area contributed by atoms with Gasteiger partial charge in [-0.1, -0.05) is 43.7 Å². The summed E-state index contributed by atoms with van der Waals surface area (Å²) in [5.41, 5.74) is -0.0136. The van der Waals surface area contributed by atoms with E-state index in [1.807, 2.05) is 0 Å². The molecule has 1 aliphatic carbocycles. The molecule has 7 nitrogen and oxygen atoms in total. The lowest BCUT2D eigenvalue weighted by molar-refractivity contribution is -0.385. The maximum absolute atomic E-state index is 12.3. The lowest BCUT2D eigenvalue weighted by Crippen LogP contribution is -2.34. The Morgan fingerprint density at radius 1 is 1.27 bits per heavy atom. The molecule has 0 aromatic heterocycles. The van der Waals surface area contributed by atoms with E-state index >= 15 is 0 Å². The minimum Gasteiger partial charge on any atom is -0.550 e. The Kier molecular flexibility index (Phi) is 7.38. The number of benzene rings is 1. The van der Waals surface area contributed by atoms with Gasteiger partial charge in [0.25, 0.3) is 5.69 Å². The first-order valence-electron chi connectivity index (χ1n) is 8.80. The molecular formula is C18H22ClN2O5-. The molecule has 1 atom stereocenters. The first kappa shape index (κ1) is 20.2. The maximum atomic E-state index is 12.3. The molecule has 1 N–H and O–H groups in total. The van der Waals surface area contributed by atoms with Gasteiger partial charge in [0.05, 0.1) is 11.0 Å². The third-order valence-electron chi connectivity index (χ3n) is 4.78. The maximum Gasteiger partial charge on any atom is 0.269 e. The van der Waals surface area contributed by atoms with Crippen molar-refractivity contribution >= 4 is 29.2 Å². The van der Waals surface area contributed by atoms with Crippen LogP contribution in [0.25, 0.3) is 0 Å². The predicted molar refractivity (Wildman–Crippen MR) is 94.4 cm³/mol. The monoisotopic (exact) mass is 381 g/mol. The van der Waals surface area contributed by atoms with Gasteiger partial charge in [0, 0.05) is 41.5 Å². The molecule has 0 unspecified atom stereocenters. The Bertz CT molecular complexity index is 674. The van der Waals surface area contributed by atoms with Gasteiger partial charge < -0.3 is 15.2 Å². The van der Waals surface area contributed by atoms with Crippen molar-refractivity contribution in [3.05, 3.63) is 38.9 Å². The summed E-state index contributed by atoms with van der Waals surface area (Å²) in [6.45, 7) is 0. The van der Waals surface area contributed by atoms with Crippen LogP contribution in [0.1, 0.15) is 63.0 Å². The largest absolute Gasteiger partial charge is 0.550 e. The number of hydrogen-bond donors (Lipinski definition) is 1. The Balaban J connectivity index is 2.06. The average molecular weight is 382 g/mol. The van der Waals surface area contributed by atoms with Gasteiger partial charge in [0.15, 0.2) is 0 Å². The highest BCUT2D eigenvalue weighted by Gasteiger charge is 2.22. The zero-order valence-corrected chi connectivity index (χ0v) is 15.2. The fourth-order valence-corrected chi connectivity index (χ4v) is 3.64. The van der Waals surface area contributed by atoms with E-state index in [1.165, 1.54) is 37.5 Å². The highest BCUT2D eigenvalue weighted by molar-refractivity contribution is 6.31. The number of carbonyl (C=O) groups excluding carboxylic acids is 2. The van der Waals surface area contributed by atoms with E-state index in [1.54, 1.807) is 0 Å². The summed E-state index contributed by atoms with van der Waals surface area (Å²) in [4.78, 5) is 33.7. The molecule has 8 heteroatoms. The lowest BCUT2D eigenvalue weighted by Gasteiger charge is -2.23. The van der Waals surface area contributed by atoms with Crippen molar-refractivity contribution in [1.82, 2.24) is 5.32 Å². The highest BCUT2D eigenvalue weighted by atomic mass is 35.5. The van der Waals surface area contributed by atoms with E-state index in [2.05, 4.69) is 5.32 Å². The molecule has 1 aromatic carbocycles. The van der Waals surface area contributed by atoms with Gasteiger partial charge in [-0.2, -0.15) is 0 Å². The van der Waals surface area contributed by atoms with Crippen LogP contribution in [0, 0.1) is 16.0 Å². The van der Waals surface area contributed by atoms with E-state index in [4.69, 9.17) is 11.6 Å². The van der Waals surface area contributed by atoms with Gasteiger partial charge in [0.2, 0.25) is 5.91 Å². The number of non-ortho nitro benzene ring substituents is 1. The number of halogens is 1. The topological polar surface area (TPSA) is 112 Å². The van der Waals surface area contributed by atoms with Gasteiger partial charge in [-0.25, -0.2) is 0 Å². The molecular weight excluding hydrogens is 360 g/mol. The molecule has 1 aromatic rings. The normalized spacial score (nSPS) is 16.0. The smallest absolute Gasteiger partial charge is 0.269 e. The number of hydrogen-bond acceptors (Lipinski definition) is 5. The molecule has 0 saturated heterocycles. The number of amides is 1. The third kappa shape index (κ3) is 5.98. The molecule has 142 valence electrons. The standard InChI is InChI=1S/C18H23ClN2O5/c19-15-8-7-13(21(25)26)10-14(15)16(11-18(23)24)20-17(22)9-6-12-4-2-1-3-5-12/h7-8,10,12,16H,1-6,9,11H2,(H,20,22)(H,23,24)/p-1/t16-/m1/s1. The number of carbonyl (C=O) groups is 2. The van der Waals surface area contributed by atoms with Gasteiger partial charge in [-0.3, -0.25) is 14.9 Å². The predicted octanol–water partition coefficient (Wildman–Crippen LogP) is 2.91. The molecule has 0 bridgehead atoms. The van der Waals surface area contributed by atoms with Gasteiger partial charge in [-0.15, -0.1) is 0 Å². The quantitative estimate of drug-likeness (QED) is 0.549. The summed E-state index contributed by atoms with van der Waals surface area (Å²) in [7, 11) is 0. The first-order valence-corrected chi connectivity index (χ1v) is 9.17. The van der Waals surface area contributed by atoms with Crippen molar-refractivity contribution in [1.29, 1.82) is 0 Å². The van der Waals surface area contributed by atoms with Crippen LogP contribution in [0.3, 0.4) is 0 Å². The number of nitrogens with zero attached hydrogens (tertiary/aromatic N) is 1. The van der Waals surface area contributed by atoms with Gasteiger partial charge >= 0.3 is 0 Å². The van der Waals surface area contributed by atoms with Crippen LogP contribution in [0.4, 0.5) is 5.69 Å². The van der Waals surface area contributed by atoms with E-state index in [9.17, 15) is 24.8 Å². The highest BCUT2D eigenvalue weighted by Crippen LogP contribution is 2.30. The summed E-state index contributed by atoms with van der Waals surface area (Å²) in [5, 5.41) is 24.8. The van der Waals surface area contributed by atoms with Crippen molar-refractivity contribution in [3.8, 4) is 0 Å². The van der Waals surface area contributed by atoms with Crippen molar-refractivity contribution in [2.75, 3.05) is 0 Å². The number of rotatable bonds is 8. The zero-order valence-electron chi connectivity index (χ0n) is 14.4. The lowest BCUT2D eigenvalue weighted by atomic mass is 9.86. The summed E-state index contributed by atoms with van der Waals surface area (Å²) in [6.07, 6.45) is 6.38. The van der Waals surface area contributed by atoms with Crippen molar-refractivity contribution in [2.24, 2.45) is 5.92 Å². The van der Waals surface area contributed by atoms with Crippen LogP contribution in [0.5, 0.6) is 0 Å².